The molecule has 0 nitrogen and oxygen atoms in total. The van der Waals surface area contributed by atoms with Crippen LogP contribution in [0.2, 0.25) is 0 Å². The summed E-state index contributed by atoms with van der Waals surface area (Å²) in [5.41, 5.74) is 0. The molecule has 1 unspecified atom stereocenters. The van der Waals surface area contributed by atoms with Crippen LogP contribution in [0.1, 0.15) is 6.42 Å². The Morgan fingerprint density at radius 3 is 0.750 bits per heavy atom. The molecular weight excluding hydrogens is 674 g/mol. The fourth-order valence-corrected chi connectivity index (χ4v) is 0.328. The van der Waals surface area contributed by atoms with Crippen molar-refractivity contribution in [3.05, 3.63) is 6.92 Å². The van der Waals surface area contributed by atoms with Crippen LogP contribution in [-0.2, 0) is 0 Å². The molecule has 0 amide bonds. The number of hydrogen-bond donors (Lipinski definition) is 0. The van der Waals surface area contributed by atoms with E-state index in [0.29, 0.717) is 0 Å². The van der Waals surface area contributed by atoms with E-state index in [-0.39, 0.29) is 31.1 Å². The Bertz CT molecular complexity index is 198. The number of hydrogen-bond acceptors (Lipinski definition) is 0. The van der Waals surface area contributed by atoms with E-state index in [0.717, 1.165) is 0 Å². The Morgan fingerprint density at radius 2 is 0.750 bits per heavy atom. The summed E-state index contributed by atoms with van der Waals surface area (Å²) < 4.78 is 164. The van der Waals surface area contributed by atoms with Crippen LogP contribution in [0.4, 0.5) is 70.2 Å². The standard InChI is InChI=1S/C5H7F4.C2H2F4.4CH2F2.U/c1-2-4(3-6)5(7,8)9;3-1-2(4,5)6;4*2-1-3;/h4H,1-3H2;1H2;4*1H2;/q-1;;;;;;. The summed E-state index contributed by atoms with van der Waals surface area (Å²) in [5, 5.41) is 0. The van der Waals surface area contributed by atoms with Crippen molar-refractivity contribution in [1.29, 1.82) is 0 Å². The summed E-state index contributed by atoms with van der Waals surface area (Å²) in [4.78, 5) is 0. The van der Waals surface area contributed by atoms with Crippen LogP contribution >= 0.6 is 0 Å². The van der Waals surface area contributed by atoms with Gasteiger partial charge >= 0.3 is 12.4 Å². The van der Waals surface area contributed by atoms with Crippen molar-refractivity contribution >= 4 is 0 Å². The molecule has 0 aromatic carbocycles. The van der Waals surface area contributed by atoms with Crippen LogP contribution in [0.25, 0.3) is 0 Å². The van der Waals surface area contributed by atoms with Gasteiger partial charge < -0.3 is 6.92 Å². The first-order valence-electron chi connectivity index (χ1n) is 5.77. The van der Waals surface area contributed by atoms with Crippen LogP contribution in [0.15, 0.2) is 0 Å². The minimum Gasteiger partial charge on any atom is -0.343 e. The minimum absolute atomic E-state index is 0. The summed E-state index contributed by atoms with van der Waals surface area (Å²) in [7, 11) is 0. The third-order valence-electron chi connectivity index (χ3n) is 1.15. The Labute approximate surface area is 174 Å². The maximum atomic E-state index is 11.4. The van der Waals surface area contributed by atoms with Gasteiger partial charge in [0.15, 0.2) is 6.67 Å². The van der Waals surface area contributed by atoms with E-state index in [9.17, 15) is 70.2 Å². The first-order valence-corrected chi connectivity index (χ1v) is 5.77. The summed E-state index contributed by atoms with van der Waals surface area (Å²) in [6.45, 7) is -7.63. The van der Waals surface area contributed by atoms with Crippen LogP contribution in [0.5, 0.6) is 0 Å². The molecule has 28 heavy (non-hydrogen) atoms. The molecule has 0 saturated heterocycles. The van der Waals surface area contributed by atoms with Crippen molar-refractivity contribution in [3.8, 4) is 0 Å². The topological polar surface area (TPSA) is 0 Å². The molecule has 0 fully saturated rings. The Morgan fingerprint density at radius 1 is 0.571 bits per heavy atom. The molecule has 0 heterocycles. The van der Waals surface area contributed by atoms with Gasteiger partial charge in [-0.15, -0.1) is 0 Å². The molecule has 0 saturated carbocycles. The number of alkyl halides is 16. The molecule has 1 atom stereocenters. The second-order valence-corrected chi connectivity index (χ2v) is 2.83. The van der Waals surface area contributed by atoms with Crippen molar-refractivity contribution in [2.75, 3.05) is 41.1 Å². The molecule has 0 radical (unpaired) electrons. The third-order valence-corrected chi connectivity index (χ3v) is 1.15. The van der Waals surface area contributed by atoms with Gasteiger partial charge in [-0.2, -0.15) is 32.8 Å². The molecular formula is C11H17F16U-. The monoisotopic (exact) mass is 691 g/mol. The molecule has 0 N–H and O–H groups in total. The quantitative estimate of drug-likeness (QED) is 0.209. The van der Waals surface area contributed by atoms with Gasteiger partial charge in [-0.05, 0) is 0 Å². The average Bonchev–Trinajstić information content (AvgIpc) is 2.50. The van der Waals surface area contributed by atoms with E-state index in [1.807, 2.05) is 0 Å². The van der Waals surface area contributed by atoms with Crippen LogP contribution in [0.3, 0.4) is 0 Å². The van der Waals surface area contributed by atoms with Gasteiger partial charge in [0.25, 0.3) is 0 Å². The molecule has 178 valence electrons. The second-order valence-electron chi connectivity index (χ2n) is 2.83. The zero-order chi connectivity index (χ0) is 23.5. The normalized spacial score (nSPS) is 10.2. The second kappa shape index (κ2) is 37.7. The molecule has 0 aromatic heterocycles. The fraction of sp³-hybridized carbons (Fsp3) is 0.909. The van der Waals surface area contributed by atoms with E-state index in [4.69, 9.17) is 0 Å². The molecule has 0 spiro atoms. The Hall–Kier alpha value is -0.0681. The Kier molecular flexibility index (Phi) is 62.2. The van der Waals surface area contributed by atoms with Crippen LogP contribution in [-0.4, -0.2) is 53.4 Å². The van der Waals surface area contributed by atoms with E-state index in [2.05, 4.69) is 6.92 Å². The SMILES string of the molecule is FCC(F)(F)F.FCF.FCF.FCF.FCF.[CH2-]CC(CF)C(F)(F)F.[U]. The van der Waals surface area contributed by atoms with Gasteiger partial charge in [-0.25, -0.2) is 39.5 Å². The first-order chi connectivity index (χ1) is 12.2. The molecule has 0 bridgehead atoms. The van der Waals surface area contributed by atoms with E-state index in [1.54, 1.807) is 0 Å². The van der Waals surface area contributed by atoms with Crippen molar-refractivity contribution < 1.29 is 101 Å². The third kappa shape index (κ3) is 96.4. The summed E-state index contributed by atoms with van der Waals surface area (Å²) in [5.74, 6) is -1.88. The fourth-order valence-electron chi connectivity index (χ4n) is 0.328. The van der Waals surface area contributed by atoms with Crippen LogP contribution in [0, 0.1) is 44.0 Å². The molecule has 17 heteroatoms. The number of rotatable bonds is 2. The first kappa shape index (κ1) is 46.2. The van der Waals surface area contributed by atoms with Gasteiger partial charge in [0.2, 0.25) is 27.7 Å². The minimum atomic E-state index is -4.62. The van der Waals surface area contributed by atoms with Crippen LogP contribution < -0.4 is 0 Å². The number of halogens is 16. The maximum absolute atomic E-state index is 11.4. The van der Waals surface area contributed by atoms with Crippen molar-refractivity contribution in [2.24, 2.45) is 5.92 Å². The van der Waals surface area contributed by atoms with E-state index >= 15 is 0 Å². The molecule has 0 aliphatic rings. The van der Waals surface area contributed by atoms with Gasteiger partial charge in [0, 0.05) is 31.1 Å². The van der Waals surface area contributed by atoms with Gasteiger partial charge in [-0.3, -0.25) is 4.39 Å². The van der Waals surface area contributed by atoms with Crippen molar-refractivity contribution in [3.63, 3.8) is 0 Å². The summed E-state index contributed by atoms with van der Waals surface area (Å²) in [6, 6.07) is 0. The Balaban J connectivity index is -0.0000000407. The predicted molar refractivity (Wildman–Crippen MR) is 65.9 cm³/mol. The predicted octanol–water partition coefficient (Wildman–Crippen LogP) is 7.41. The smallest absolute Gasteiger partial charge is 0.343 e. The van der Waals surface area contributed by atoms with Gasteiger partial charge in [0.05, 0.1) is 12.6 Å². The molecule has 0 aromatic rings. The molecule has 0 aliphatic carbocycles. The molecule has 0 aliphatic heterocycles. The largest absolute Gasteiger partial charge is 0.416 e. The van der Waals surface area contributed by atoms with Gasteiger partial charge in [-0.1, -0.05) is 0 Å². The average molecular weight is 691 g/mol. The zero-order valence-electron chi connectivity index (χ0n) is 13.8. The summed E-state index contributed by atoms with van der Waals surface area (Å²) >= 11 is 0. The van der Waals surface area contributed by atoms with E-state index < -0.39 is 65.8 Å². The summed E-state index contributed by atoms with van der Waals surface area (Å²) in [6.07, 6.45) is -9.48. The van der Waals surface area contributed by atoms with Crippen molar-refractivity contribution in [1.82, 2.24) is 0 Å². The molecule has 0 rings (SSSR count). The van der Waals surface area contributed by atoms with E-state index in [1.165, 1.54) is 0 Å². The maximum Gasteiger partial charge on any atom is 0.416 e. The van der Waals surface area contributed by atoms with Gasteiger partial charge in [0.1, 0.15) is 0 Å². The zero-order valence-corrected chi connectivity index (χ0v) is 17.9. The van der Waals surface area contributed by atoms with Crippen molar-refractivity contribution in [2.45, 2.75) is 18.8 Å².